The highest BCUT2D eigenvalue weighted by Crippen LogP contribution is 2.25. The van der Waals surface area contributed by atoms with Gasteiger partial charge in [-0.25, -0.2) is 0 Å². The average molecular weight is 233 g/mol. The van der Waals surface area contributed by atoms with E-state index in [4.69, 9.17) is 4.74 Å². The quantitative estimate of drug-likeness (QED) is 0.810. The standard InChI is InChI=1S/C14H19NO2/c1-10(2)15-9-13(16)11-5-6-14-12(8-11)4-3-7-17-14/h5-6,8,10,15H,3-4,7,9H2,1-2H3. The van der Waals surface area contributed by atoms with Gasteiger partial charge in [0.15, 0.2) is 5.78 Å². The number of ketones is 1. The molecule has 1 heterocycles. The summed E-state index contributed by atoms with van der Waals surface area (Å²) in [4.78, 5) is 11.9. The van der Waals surface area contributed by atoms with Gasteiger partial charge in [-0.3, -0.25) is 4.79 Å². The molecule has 3 nitrogen and oxygen atoms in total. The summed E-state index contributed by atoms with van der Waals surface area (Å²) in [6.07, 6.45) is 2.04. The monoisotopic (exact) mass is 233 g/mol. The first-order valence-electron chi connectivity index (χ1n) is 6.19. The van der Waals surface area contributed by atoms with Crippen molar-refractivity contribution in [2.45, 2.75) is 32.7 Å². The lowest BCUT2D eigenvalue weighted by molar-refractivity contribution is 0.0988. The Balaban J connectivity index is 2.08. The van der Waals surface area contributed by atoms with E-state index in [-0.39, 0.29) is 5.78 Å². The number of carbonyl (C=O) groups excluding carboxylic acids is 1. The van der Waals surface area contributed by atoms with Crippen molar-refractivity contribution < 1.29 is 9.53 Å². The van der Waals surface area contributed by atoms with Crippen LogP contribution < -0.4 is 10.1 Å². The minimum absolute atomic E-state index is 0.145. The van der Waals surface area contributed by atoms with Crippen LogP contribution in [0.1, 0.15) is 36.2 Å². The van der Waals surface area contributed by atoms with Crippen LogP contribution in [0.25, 0.3) is 0 Å². The number of nitrogens with one attached hydrogen (secondary N) is 1. The molecule has 0 unspecified atom stereocenters. The highest BCUT2D eigenvalue weighted by molar-refractivity contribution is 5.98. The third kappa shape index (κ3) is 3.07. The van der Waals surface area contributed by atoms with Gasteiger partial charge in [0, 0.05) is 11.6 Å². The summed E-state index contributed by atoms with van der Waals surface area (Å²) < 4.78 is 5.53. The van der Waals surface area contributed by atoms with Crippen LogP contribution in [0.2, 0.25) is 0 Å². The lowest BCUT2D eigenvalue weighted by Gasteiger charge is -2.17. The molecule has 1 aromatic rings. The van der Waals surface area contributed by atoms with Crippen LogP contribution in [0, 0.1) is 0 Å². The summed E-state index contributed by atoms with van der Waals surface area (Å²) in [6, 6.07) is 6.07. The molecule has 0 amide bonds. The zero-order chi connectivity index (χ0) is 12.3. The van der Waals surface area contributed by atoms with Gasteiger partial charge in [-0.2, -0.15) is 0 Å². The Hall–Kier alpha value is -1.35. The fourth-order valence-corrected chi connectivity index (χ4v) is 1.93. The zero-order valence-corrected chi connectivity index (χ0v) is 10.5. The number of aryl methyl sites for hydroxylation is 1. The van der Waals surface area contributed by atoms with Crippen LogP contribution in [0.3, 0.4) is 0 Å². The normalized spacial score (nSPS) is 14.3. The Morgan fingerprint density at radius 1 is 1.47 bits per heavy atom. The van der Waals surface area contributed by atoms with Crippen LogP contribution in [0.4, 0.5) is 0 Å². The summed E-state index contributed by atoms with van der Waals surface area (Å²) in [5, 5.41) is 3.14. The second kappa shape index (κ2) is 5.32. The Morgan fingerprint density at radius 2 is 2.29 bits per heavy atom. The topological polar surface area (TPSA) is 38.3 Å². The van der Waals surface area contributed by atoms with Crippen molar-refractivity contribution in [2.75, 3.05) is 13.2 Å². The van der Waals surface area contributed by atoms with E-state index < -0.39 is 0 Å². The fraction of sp³-hybridized carbons (Fsp3) is 0.500. The maximum atomic E-state index is 11.9. The van der Waals surface area contributed by atoms with E-state index >= 15 is 0 Å². The number of hydrogen-bond acceptors (Lipinski definition) is 3. The molecule has 0 atom stereocenters. The lowest BCUT2D eigenvalue weighted by atomic mass is 10.0. The minimum Gasteiger partial charge on any atom is -0.493 e. The van der Waals surface area contributed by atoms with E-state index in [0.29, 0.717) is 12.6 Å². The maximum absolute atomic E-state index is 11.9. The molecule has 1 N–H and O–H groups in total. The van der Waals surface area contributed by atoms with Crippen molar-refractivity contribution >= 4 is 5.78 Å². The van der Waals surface area contributed by atoms with Gasteiger partial charge in [0.1, 0.15) is 5.75 Å². The second-order valence-corrected chi connectivity index (χ2v) is 4.73. The van der Waals surface area contributed by atoms with Crippen LogP contribution >= 0.6 is 0 Å². The van der Waals surface area contributed by atoms with Gasteiger partial charge in [0.2, 0.25) is 0 Å². The molecule has 2 rings (SSSR count). The number of ether oxygens (including phenoxy) is 1. The molecule has 3 heteroatoms. The van der Waals surface area contributed by atoms with E-state index in [2.05, 4.69) is 5.32 Å². The van der Waals surface area contributed by atoms with Crippen LogP contribution in [-0.4, -0.2) is 25.0 Å². The van der Waals surface area contributed by atoms with Gasteiger partial charge >= 0.3 is 0 Å². The minimum atomic E-state index is 0.145. The third-order valence-corrected chi connectivity index (χ3v) is 2.90. The molecule has 0 saturated carbocycles. The highest BCUT2D eigenvalue weighted by atomic mass is 16.5. The van der Waals surface area contributed by atoms with Gasteiger partial charge < -0.3 is 10.1 Å². The molecule has 0 aromatic heterocycles. The molecule has 1 aliphatic heterocycles. The molecule has 0 radical (unpaired) electrons. The summed E-state index contributed by atoms with van der Waals surface area (Å²) in [7, 11) is 0. The van der Waals surface area contributed by atoms with Crippen LogP contribution in [-0.2, 0) is 6.42 Å². The summed E-state index contributed by atoms with van der Waals surface area (Å²) >= 11 is 0. The van der Waals surface area contributed by atoms with E-state index in [1.807, 2.05) is 32.0 Å². The van der Waals surface area contributed by atoms with Crippen molar-refractivity contribution in [3.05, 3.63) is 29.3 Å². The number of fused-ring (bicyclic) bond motifs is 1. The van der Waals surface area contributed by atoms with Crippen LogP contribution in [0.5, 0.6) is 5.75 Å². The lowest BCUT2D eigenvalue weighted by Crippen LogP contribution is -2.29. The Bertz CT molecular complexity index is 413. The van der Waals surface area contributed by atoms with Gasteiger partial charge in [0.05, 0.1) is 13.2 Å². The zero-order valence-electron chi connectivity index (χ0n) is 10.5. The van der Waals surface area contributed by atoms with Gasteiger partial charge in [-0.15, -0.1) is 0 Å². The number of Topliss-reactive ketones (excluding diaryl/α,β-unsaturated/α-hetero) is 1. The molecule has 0 saturated heterocycles. The molecule has 0 fully saturated rings. The molecular weight excluding hydrogens is 214 g/mol. The fourth-order valence-electron chi connectivity index (χ4n) is 1.93. The van der Waals surface area contributed by atoms with Gasteiger partial charge in [0.25, 0.3) is 0 Å². The Labute approximate surface area is 102 Å². The molecule has 0 aliphatic carbocycles. The Kier molecular flexibility index (Phi) is 3.79. The summed E-state index contributed by atoms with van der Waals surface area (Å²) in [5.41, 5.74) is 1.94. The Morgan fingerprint density at radius 3 is 3.06 bits per heavy atom. The molecule has 1 aliphatic rings. The van der Waals surface area contributed by atoms with E-state index in [0.717, 1.165) is 36.3 Å². The van der Waals surface area contributed by atoms with E-state index in [1.165, 1.54) is 0 Å². The molecule has 17 heavy (non-hydrogen) atoms. The van der Waals surface area contributed by atoms with Gasteiger partial charge in [-0.1, -0.05) is 13.8 Å². The average Bonchev–Trinajstić information content (AvgIpc) is 2.35. The SMILES string of the molecule is CC(C)NCC(=O)c1ccc2c(c1)CCCO2. The number of benzene rings is 1. The third-order valence-electron chi connectivity index (χ3n) is 2.90. The molecule has 0 bridgehead atoms. The largest absolute Gasteiger partial charge is 0.493 e. The smallest absolute Gasteiger partial charge is 0.176 e. The van der Waals surface area contributed by atoms with Crippen LogP contribution in [0.15, 0.2) is 18.2 Å². The summed E-state index contributed by atoms with van der Waals surface area (Å²) in [5.74, 6) is 1.08. The second-order valence-electron chi connectivity index (χ2n) is 4.73. The number of carbonyl (C=O) groups is 1. The van der Waals surface area contributed by atoms with Crippen molar-refractivity contribution in [3.63, 3.8) is 0 Å². The molecule has 0 spiro atoms. The first-order valence-corrected chi connectivity index (χ1v) is 6.19. The highest BCUT2D eigenvalue weighted by Gasteiger charge is 2.13. The van der Waals surface area contributed by atoms with Crippen molar-refractivity contribution in [1.29, 1.82) is 0 Å². The first kappa shape index (κ1) is 12.1. The summed E-state index contributed by atoms with van der Waals surface area (Å²) in [6.45, 7) is 5.26. The van der Waals surface area contributed by atoms with E-state index in [1.54, 1.807) is 0 Å². The van der Waals surface area contributed by atoms with Gasteiger partial charge in [-0.05, 0) is 36.6 Å². The predicted molar refractivity (Wildman–Crippen MR) is 67.7 cm³/mol. The number of rotatable bonds is 4. The van der Waals surface area contributed by atoms with E-state index in [9.17, 15) is 4.79 Å². The number of hydrogen-bond donors (Lipinski definition) is 1. The molecule has 92 valence electrons. The van der Waals surface area contributed by atoms with Crippen molar-refractivity contribution in [1.82, 2.24) is 5.32 Å². The molecular formula is C14H19NO2. The molecule has 1 aromatic carbocycles. The van der Waals surface area contributed by atoms with Crippen molar-refractivity contribution in [3.8, 4) is 5.75 Å². The van der Waals surface area contributed by atoms with Crippen molar-refractivity contribution in [2.24, 2.45) is 0 Å². The predicted octanol–water partition coefficient (Wildman–Crippen LogP) is 2.19. The first-order chi connectivity index (χ1) is 8.16. The maximum Gasteiger partial charge on any atom is 0.176 e.